The molecule has 1 aromatic carbocycles. The second-order valence-corrected chi connectivity index (χ2v) is 11.2. The Morgan fingerprint density at radius 3 is 2.57 bits per heavy atom. The number of hydrogen-bond donors (Lipinski definition) is 1. The van der Waals surface area contributed by atoms with Crippen molar-refractivity contribution in [3.63, 3.8) is 0 Å². The summed E-state index contributed by atoms with van der Waals surface area (Å²) in [6.45, 7) is 7.65. The highest BCUT2D eigenvalue weighted by molar-refractivity contribution is 6.72. The lowest BCUT2D eigenvalue weighted by Gasteiger charge is -2.34. The summed E-state index contributed by atoms with van der Waals surface area (Å²) in [5.41, 5.74) is 1.47. The Kier molecular flexibility index (Phi) is 3.67. The van der Waals surface area contributed by atoms with Crippen molar-refractivity contribution in [1.82, 2.24) is 9.78 Å². The van der Waals surface area contributed by atoms with Crippen molar-refractivity contribution in [2.45, 2.75) is 38.4 Å². The van der Waals surface area contributed by atoms with Crippen LogP contribution in [0, 0.1) is 10.1 Å². The summed E-state index contributed by atoms with van der Waals surface area (Å²) in [5, 5.41) is 16.0. The quantitative estimate of drug-likeness (QED) is 0.535. The molecule has 0 aliphatic rings. The van der Waals surface area contributed by atoms with E-state index in [1.165, 1.54) is 0 Å². The summed E-state index contributed by atoms with van der Waals surface area (Å²) < 4.78 is 1.65. The molecule has 0 bridgehead atoms. The van der Waals surface area contributed by atoms with Gasteiger partial charge >= 0.3 is 0 Å². The van der Waals surface area contributed by atoms with Gasteiger partial charge < -0.3 is 4.80 Å². The van der Waals surface area contributed by atoms with Crippen LogP contribution in [0.25, 0.3) is 10.9 Å². The molecule has 0 atom stereocenters. The van der Waals surface area contributed by atoms with Crippen molar-refractivity contribution in [1.29, 1.82) is 0 Å². The maximum absolute atomic E-state index is 11.3. The molecule has 2 rings (SSSR count). The Labute approximate surface area is 124 Å². The average molecular weight is 307 g/mol. The monoisotopic (exact) mass is 307 g/mol. The van der Waals surface area contributed by atoms with Gasteiger partial charge in [0.1, 0.15) is 0 Å². The molecular weight excluding hydrogens is 286 g/mol. The first-order chi connectivity index (χ1) is 9.51. The Balaban J connectivity index is 2.56. The minimum Gasteiger partial charge on any atom is -0.432 e. The van der Waals surface area contributed by atoms with E-state index < -0.39 is 8.32 Å². The van der Waals surface area contributed by atoms with Gasteiger partial charge in [-0.25, -0.2) is 0 Å². The summed E-state index contributed by atoms with van der Waals surface area (Å²) in [6, 6.07) is 3.34. The molecule has 0 spiro atoms. The van der Waals surface area contributed by atoms with Crippen LogP contribution in [0.4, 0.5) is 5.69 Å². The van der Waals surface area contributed by atoms with E-state index in [0.29, 0.717) is 12.0 Å². The molecule has 0 saturated heterocycles. The highest BCUT2D eigenvalue weighted by Crippen LogP contribution is 2.41. The molecule has 1 aromatic heterocycles. The molecule has 0 unspecified atom stereocenters. The van der Waals surface area contributed by atoms with Crippen LogP contribution in [0.15, 0.2) is 18.3 Å². The molecular formula is C14H21N3O3Si. The number of nitro groups is 1. The first kappa shape index (κ1) is 15.7. The van der Waals surface area contributed by atoms with E-state index in [9.17, 15) is 14.9 Å². The smallest absolute Gasteiger partial charge is 0.273 e. The fraction of sp³-hybridized carbons (Fsp3) is 0.500. The molecule has 1 N–H and O–H groups in total. The van der Waals surface area contributed by atoms with Crippen LogP contribution >= 0.6 is 0 Å². The van der Waals surface area contributed by atoms with Crippen LogP contribution in [0.5, 0.6) is 0 Å². The standard InChI is InChI=1S/C14H21N3O3Si/c1-14(2,21(4,5)20)8-10-6-12-11(9-16(3)15-12)7-13(10)17(18)19/h6-7,9,20H,8H2,1-5H3. The highest BCUT2D eigenvalue weighted by Gasteiger charge is 2.39. The molecule has 0 amide bonds. The molecule has 114 valence electrons. The first-order valence-electron chi connectivity index (χ1n) is 6.84. The Hall–Kier alpha value is -1.73. The van der Waals surface area contributed by atoms with Gasteiger partial charge in [-0.05, 0) is 30.6 Å². The van der Waals surface area contributed by atoms with E-state index in [1.54, 1.807) is 30.1 Å². The molecule has 6 nitrogen and oxygen atoms in total. The van der Waals surface area contributed by atoms with Crippen molar-refractivity contribution >= 4 is 24.9 Å². The van der Waals surface area contributed by atoms with Gasteiger partial charge in [0, 0.05) is 30.3 Å². The molecule has 0 aliphatic heterocycles. The van der Waals surface area contributed by atoms with Crippen molar-refractivity contribution in [3.8, 4) is 0 Å². The number of hydrogen-bond acceptors (Lipinski definition) is 4. The van der Waals surface area contributed by atoms with Crippen LogP contribution in [-0.2, 0) is 13.5 Å². The zero-order chi connectivity index (χ0) is 16.0. The second-order valence-electron chi connectivity index (χ2n) is 6.72. The van der Waals surface area contributed by atoms with Crippen molar-refractivity contribution in [2.75, 3.05) is 0 Å². The van der Waals surface area contributed by atoms with Gasteiger partial charge in [0.05, 0.1) is 10.4 Å². The lowest BCUT2D eigenvalue weighted by atomic mass is 9.99. The fourth-order valence-electron chi connectivity index (χ4n) is 2.23. The van der Waals surface area contributed by atoms with Crippen LogP contribution in [0.3, 0.4) is 0 Å². The number of nitro benzene ring substituents is 1. The molecule has 0 aliphatic carbocycles. The maximum atomic E-state index is 11.3. The Morgan fingerprint density at radius 2 is 2.05 bits per heavy atom. The van der Waals surface area contributed by atoms with Gasteiger partial charge in [-0.3, -0.25) is 14.8 Å². The Morgan fingerprint density at radius 1 is 1.43 bits per heavy atom. The molecule has 2 aromatic rings. The third-order valence-electron chi connectivity index (χ3n) is 4.30. The minimum absolute atomic E-state index is 0.0989. The lowest BCUT2D eigenvalue weighted by Crippen LogP contribution is -2.40. The van der Waals surface area contributed by atoms with E-state index in [4.69, 9.17) is 0 Å². The van der Waals surface area contributed by atoms with Crippen LogP contribution < -0.4 is 0 Å². The zero-order valence-corrected chi connectivity index (χ0v) is 14.0. The zero-order valence-electron chi connectivity index (χ0n) is 13.0. The normalized spacial score (nSPS) is 12.9. The van der Waals surface area contributed by atoms with Crippen LogP contribution in [-0.4, -0.2) is 27.8 Å². The number of fused-ring (bicyclic) bond motifs is 1. The third-order valence-corrected chi connectivity index (χ3v) is 7.79. The second kappa shape index (κ2) is 4.92. The molecule has 0 radical (unpaired) electrons. The van der Waals surface area contributed by atoms with Gasteiger partial charge in [0.15, 0.2) is 8.32 Å². The van der Waals surface area contributed by atoms with E-state index in [0.717, 1.165) is 10.9 Å². The predicted octanol–water partition coefficient (Wildman–Crippen LogP) is 3.00. The maximum Gasteiger partial charge on any atom is 0.273 e. The number of rotatable bonds is 4. The SMILES string of the molecule is Cn1cc2cc([N+](=O)[O-])c(CC(C)(C)[Si](C)(C)O)cc2n1. The summed E-state index contributed by atoms with van der Waals surface area (Å²) in [4.78, 5) is 21.4. The van der Waals surface area contributed by atoms with E-state index in [-0.39, 0.29) is 15.6 Å². The summed E-state index contributed by atoms with van der Waals surface area (Å²) in [7, 11) is -0.645. The Bertz CT molecular complexity index is 701. The summed E-state index contributed by atoms with van der Waals surface area (Å²) in [6.07, 6.45) is 2.23. The first-order valence-corrected chi connectivity index (χ1v) is 9.79. The molecule has 0 saturated carbocycles. The van der Waals surface area contributed by atoms with Gasteiger partial charge in [-0.1, -0.05) is 13.8 Å². The van der Waals surface area contributed by atoms with Crippen LogP contribution in [0.2, 0.25) is 18.1 Å². The molecule has 7 heteroatoms. The minimum atomic E-state index is -2.44. The van der Waals surface area contributed by atoms with Gasteiger partial charge in [-0.15, -0.1) is 0 Å². The number of nitrogens with zero attached hydrogens (tertiary/aromatic N) is 3. The number of aromatic nitrogens is 2. The largest absolute Gasteiger partial charge is 0.432 e. The summed E-state index contributed by atoms with van der Waals surface area (Å²) >= 11 is 0. The van der Waals surface area contributed by atoms with E-state index in [2.05, 4.69) is 5.10 Å². The molecule has 0 fully saturated rings. The van der Waals surface area contributed by atoms with Gasteiger partial charge in [-0.2, -0.15) is 5.10 Å². The van der Waals surface area contributed by atoms with Crippen LogP contribution in [0.1, 0.15) is 19.4 Å². The van der Waals surface area contributed by atoms with E-state index >= 15 is 0 Å². The topological polar surface area (TPSA) is 81.2 Å². The number of aryl methyl sites for hydroxylation is 1. The fourth-order valence-corrected chi connectivity index (χ4v) is 2.85. The van der Waals surface area contributed by atoms with E-state index in [1.807, 2.05) is 26.9 Å². The lowest BCUT2D eigenvalue weighted by molar-refractivity contribution is -0.385. The van der Waals surface area contributed by atoms with Crippen molar-refractivity contribution in [2.24, 2.45) is 7.05 Å². The third kappa shape index (κ3) is 2.98. The van der Waals surface area contributed by atoms with Crippen molar-refractivity contribution in [3.05, 3.63) is 34.0 Å². The molecule has 21 heavy (non-hydrogen) atoms. The number of benzene rings is 1. The van der Waals surface area contributed by atoms with Gasteiger partial charge in [0.25, 0.3) is 5.69 Å². The highest BCUT2D eigenvalue weighted by atomic mass is 28.4. The summed E-state index contributed by atoms with van der Waals surface area (Å²) in [5.74, 6) is 0. The van der Waals surface area contributed by atoms with Crippen molar-refractivity contribution < 1.29 is 9.72 Å². The average Bonchev–Trinajstić information content (AvgIpc) is 2.64. The van der Waals surface area contributed by atoms with Gasteiger partial charge in [0.2, 0.25) is 0 Å². The predicted molar refractivity (Wildman–Crippen MR) is 84.8 cm³/mol. The molecule has 1 heterocycles.